The van der Waals surface area contributed by atoms with Crippen LogP contribution >= 0.6 is 0 Å². The van der Waals surface area contributed by atoms with E-state index >= 15 is 0 Å². The molecule has 0 aliphatic carbocycles. The Bertz CT molecular complexity index is 594. The van der Waals surface area contributed by atoms with E-state index in [9.17, 15) is 9.18 Å². The standard InChI is InChI=1S/C13H12FN3O2/c1-19-11-4-2-9(8-10(11)14)3-5-12(18)17-13-15-6-7-16-13/h2-8H,1H3,(H2,15,16,17,18). The number of ether oxygens (including phenoxy) is 1. The van der Waals surface area contributed by atoms with Gasteiger partial charge in [0.05, 0.1) is 7.11 Å². The summed E-state index contributed by atoms with van der Waals surface area (Å²) >= 11 is 0. The molecule has 0 saturated carbocycles. The molecule has 0 aliphatic heterocycles. The number of nitrogens with zero attached hydrogens (tertiary/aromatic N) is 1. The molecule has 19 heavy (non-hydrogen) atoms. The van der Waals surface area contributed by atoms with Crippen molar-refractivity contribution in [1.29, 1.82) is 0 Å². The van der Waals surface area contributed by atoms with E-state index in [-0.39, 0.29) is 11.7 Å². The van der Waals surface area contributed by atoms with Gasteiger partial charge in [0, 0.05) is 18.5 Å². The number of nitrogens with one attached hydrogen (secondary N) is 2. The van der Waals surface area contributed by atoms with Crippen LogP contribution in [0.25, 0.3) is 6.08 Å². The summed E-state index contributed by atoms with van der Waals surface area (Å²) < 4.78 is 18.2. The lowest BCUT2D eigenvalue weighted by atomic mass is 10.2. The van der Waals surface area contributed by atoms with Gasteiger partial charge in [0.1, 0.15) is 0 Å². The molecule has 0 spiro atoms. The molecule has 0 atom stereocenters. The molecule has 1 aromatic carbocycles. The number of carbonyl (C=O) groups excluding carboxylic acids is 1. The highest BCUT2D eigenvalue weighted by Gasteiger charge is 2.02. The SMILES string of the molecule is COc1ccc(C=CC(=O)Nc2ncc[nH]2)cc1F. The number of hydrogen-bond acceptors (Lipinski definition) is 3. The zero-order valence-electron chi connectivity index (χ0n) is 10.2. The van der Waals surface area contributed by atoms with Crippen molar-refractivity contribution >= 4 is 17.9 Å². The summed E-state index contributed by atoms with van der Waals surface area (Å²) in [6.07, 6.45) is 5.92. The fraction of sp³-hybridized carbons (Fsp3) is 0.0769. The molecule has 98 valence electrons. The Labute approximate surface area is 109 Å². The molecule has 2 N–H and O–H groups in total. The number of aromatic amines is 1. The monoisotopic (exact) mass is 261 g/mol. The normalized spacial score (nSPS) is 10.6. The zero-order valence-corrected chi connectivity index (χ0v) is 10.2. The minimum absolute atomic E-state index is 0.164. The number of carbonyl (C=O) groups is 1. The Morgan fingerprint density at radius 1 is 1.53 bits per heavy atom. The Morgan fingerprint density at radius 3 is 3.00 bits per heavy atom. The van der Waals surface area contributed by atoms with Gasteiger partial charge in [-0.2, -0.15) is 0 Å². The first kappa shape index (κ1) is 12.8. The molecule has 0 radical (unpaired) electrons. The summed E-state index contributed by atoms with van der Waals surface area (Å²) in [7, 11) is 1.39. The number of hydrogen-bond donors (Lipinski definition) is 2. The van der Waals surface area contributed by atoms with Gasteiger partial charge in [-0.25, -0.2) is 9.37 Å². The molecule has 0 fully saturated rings. The summed E-state index contributed by atoms with van der Waals surface area (Å²) in [5.74, 6) is -0.310. The van der Waals surface area contributed by atoms with Gasteiger partial charge in [-0.1, -0.05) is 6.07 Å². The maximum atomic E-state index is 13.4. The second-order valence-electron chi connectivity index (χ2n) is 3.65. The zero-order chi connectivity index (χ0) is 13.7. The first-order valence-corrected chi connectivity index (χ1v) is 5.51. The van der Waals surface area contributed by atoms with E-state index in [1.165, 1.54) is 37.6 Å². The maximum absolute atomic E-state index is 13.4. The predicted octanol–water partition coefficient (Wildman–Crippen LogP) is 2.21. The molecule has 0 aliphatic rings. The van der Waals surface area contributed by atoms with Crippen LogP contribution in [0.4, 0.5) is 10.3 Å². The van der Waals surface area contributed by atoms with E-state index in [2.05, 4.69) is 15.3 Å². The van der Waals surface area contributed by atoms with E-state index in [1.54, 1.807) is 12.3 Å². The Balaban J connectivity index is 2.02. The van der Waals surface area contributed by atoms with Crippen LogP contribution < -0.4 is 10.1 Å². The smallest absolute Gasteiger partial charge is 0.250 e. The van der Waals surface area contributed by atoms with Crippen LogP contribution in [0.5, 0.6) is 5.75 Å². The number of amides is 1. The van der Waals surface area contributed by atoms with E-state index in [4.69, 9.17) is 4.74 Å². The summed E-state index contributed by atoms with van der Waals surface area (Å²) in [6, 6.07) is 4.44. The van der Waals surface area contributed by atoms with Crippen molar-refractivity contribution in [2.45, 2.75) is 0 Å². The highest BCUT2D eigenvalue weighted by Crippen LogP contribution is 2.18. The predicted molar refractivity (Wildman–Crippen MR) is 69.2 cm³/mol. The molecular weight excluding hydrogens is 249 g/mol. The number of methoxy groups -OCH3 is 1. The molecule has 2 aromatic rings. The fourth-order valence-corrected chi connectivity index (χ4v) is 1.45. The van der Waals surface area contributed by atoms with Gasteiger partial charge in [0.2, 0.25) is 5.95 Å². The summed E-state index contributed by atoms with van der Waals surface area (Å²) in [6.45, 7) is 0. The Kier molecular flexibility index (Phi) is 3.92. The number of aromatic nitrogens is 2. The lowest BCUT2D eigenvalue weighted by Crippen LogP contribution is -2.08. The van der Waals surface area contributed by atoms with Gasteiger partial charge in [-0.15, -0.1) is 0 Å². The molecule has 6 heteroatoms. The van der Waals surface area contributed by atoms with Gasteiger partial charge >= 0.3 is 0 Å². The van der Waals surface area contributed by atoms with Crippen molar-refractivity contribution in [2.24, 2.45) is 0 Å². The third kappa shape index (κ3) is 3.41. The second kappa shape index (κ2) is 5.81. The molecule has 1 heterocycles. The third-order valence-corrected chi connectivity index (χ3v) is 2.34. The largest absolute Gasteiger partial charge is 0.494 e. The van der Waals surface area contributed by atoms with Crippen LogP contribution in [0, 0.1) is 5.82 Å². The number of benzene rings is 1. The molecule has 2 rings (SSSR count). The van der Waals surface area contributed by atoms with Crippen molar-refractivity contribution in [3.63, 3.8) is 0 Å². The van der Waals surface area contributed by atoms with Crippen LogP contribution in [0.1, 0.15) is 5.56 Å². The quantitative estimate of drug-likeness (QED) is 0.829. The maximum Gasteiger partial charge on any atom is 0.250 e. The van der Waals surface area contributed by atoms with Gasteiger partial charge in [0.15, 0.2) is 11.6 Å². The molecule has 1 amide bonds. The average Bonchev–Trinajstić information content (AvgIpc) is 2.89. The van der Waals surface area contributed by atoms with Crippen LogP contribution in [0.2, 0.25) is 0 Å². The van der Waals surface area contributed by atoms with Crippen LogP contribution in [-0.2, 0) is 4.79 Å². The number of halogens is 1. The van der Waals surface area contributed by atoms with Gasteiger partial charge < -0.3 is 9.72 Å². The highest BCUT2D eigenvalue weighted by atomic mass is 19.1. The number of imidazole rings is 1. The highest BCUT2D eigenvalue weighted by molar-refractivity contribution is 6.00. The average molecular weight is 261 g/mol. The van der Waals surface area contributed by atoms with Crippen molar-refractivity contribution in [2.75, 3.05) is 12.4 Å². The summed E-state index contributed by atoms with van der Waals surface area (Å²) in [4.78, 5) is 18.1. The fourth-order valence-electron chi connectivity index (χ4n) is 1.45. The first-order valence-electron chi connectivity index (χ1n) is 5.51. The Hall–Kier alpha value is -2.63. The minimum atomic E-state index is -0.476. The van der Waals surface area contributed by atoms with E-state index in [1.807, 2.05) is 0 Å². The number of anilines is 1. The Morgan fingerprint density at radius 2 is 2.37 bits per heavy atom. The van der Waals surface area contributed by atoms with Crippen LogP contribution in [-0.4, -0.2) is 23.0 Å². The number of rotatable bonds is 4. The lowest BCUT2D eigenvalue weighted by molar-refractivity contribution is -0.111. The molecule has 1 aromatic heterocycles. The van der Waals surface area contributed by atoms with Gasteiger partial charge in [-0.3, -0.25) is 10.1 Å². The first-order chi connectivity index (χ1) is 9.19. The summed E-state index contributed by atoms with van der Waals surface area (Å²) in [5.41, 5.74) is 0.563. The van der Waals surface area contributed by atoms with Crippen molar-refractivity contribution in [3.8, 4) is 5.75 Å². The molecule has 0 saturated heterocycles. The lowest BCUT2D eigenvalue weighted by Gasteiger charge is -2.01. The van der Waals surface area contributed by atoms with Crippen molar-refractivity contribution in [1.82, 2.24) is 9.97 Å². The van der Waals surface area contributed by atoms with E-state index < -0.39 is 5.82 Å². The number of H-pyrrole nitrogens is 1. The molecule has 5 nitrogen and oxygen atoms in total. The third-order valence-electron chi connectivity index (χ3n) is 2.34. The van der Waals surface area contributed by atoms with E-state index in [0.29, 0.717) is 11.5 Å². The minimum Gasteiger partial charge on any atom is -0.494 e. The van der Waals surface area contributed by atoms with Crippen LogP contribution in [0.3, 0.4) is 0 Å². The van der Waals surface area contributed by atoms with Crippen molar-refractivity contribution in [3.05, 3.63) is 48.0 Å². The van der Waals surface area contributed by atoms with Crippen molar-refractivity contribution < 1.29 is 13.9 Å². The molecule has 0 bridgehead atoms. The topological polar surface area (TPSA) is 67.0 Å². The molecular formula is C13H12FN3O2. The second-order valence-corrected chi connectivity index (χ2v) is 3.65. The molecule has 0 unspecified atom stereocenters. The van der Waals surface area contributed by atoms with Gasteiger partial charge in [0.25, 0.3) is 5.91 Å². The summed E-state index contributed by atoms with van der Waals surface area (Å²) in [5, 5.41) is 2.52. The van der Waals surface area contributed by atoms with Crippen LogP contribution in [0.15, 0.2) is 36.7 Å². The van der Waals surface area contributed by atoms with E-state index in [0.717, 1.165) is 0 Å². The van der Waals surface area contributed by atoms with Gasteiger partial charge in [-0.05, 0) is 23.8 Å².